The number of hydrogen-bond donors (Lipinski definition) is 2. The molecular weight excluding hydrogens is 268 g/mol. The molecule has 5 nitrogen and oxygen atoms in total. The molecular formula is C16H30N2O3. The van der Waals surface area contributed by atoms with Crippen LogP contribution in [0.4, 0.5) is 4.79 Å². The third kappa shape index (κ3) is 5.21. The maximum Gasteiger partial charge on any atom is 0.326 e. The lowest BCUT2D eigenvalue weighted by Crippen LogP contribution is -2.50. The molecule has 0 radical (unpaired) electrons. The van der Waals surface area contributed by atoms with Crippen LogP contribution in [0.1, 0.15) is 53.4 Å². The van der Waals surface area contributed by atoms with Gasteiger partial charge in [0.2, 0.25) is 0 Å². The van der Waals surface area contributed by atoms with Crippen molar-refractivity contribution in [3.05, 3.63) is 0 Å². The molecule has 2 amide bonds. The molecule has 0 aromatic heterocycles. The highest BCUT2D eigenvalue weighted by Gasteiger charge is 2.28. The number of carbonyl (C=O) groups is 2. The number of rotatable bonds is 5. The van der Waals surface area contributed by atoms with Crippen LogP contribution in [-0.2, 0) is 4.79 Å². The average molecular weight is 298 g/mol. The van der Waals surface area contributed by atoms with Gasteiger partial charge in [-0.25, -0.2) is 9.59 Å². The zero-order chi connectivity index (χ0) is 16.0. The van der Waals surface area contributed by atoms with E-state index in [0.29, 0.717) is 11.8 Å². The van der Waals surface area contributed by atoms with E-state index >= 15 is 0 Å². The van der Waals surface area contributed by atoms with Crippen molar-refractivity contribution < 1.29 is 14.7 Å². The Hall–Kier alpha value is -1.26. The number of urea groups is 1. The molecule has 1 fully saturated rings. The second kappa shape index (κ2) is 8.25. The van der Waals surface area contributed by atoms with Crippen LogP contribution >= 0.6 is 0 Å². The summed E-state index contributed by atoms with van der Waals surface area (Å²) in [5.41, 5.74) is 0. The van der Waals surface area contributed by atoms with Crippen LogP contribution < -0.4 is 5.32 Å². The molecule has 1 unspecified atom stereocenters. The standard InChI is InChI=1S/C16H30N2O3/c1-5-12(4)14(15(19)20)17-16(21)18-9-6-7-13(8-10-18)11(2)3/h11-14H,5-10H2,1-4H3,(H,17,21)(H,19,20)/t12-,13?,14-/m0/s1. The fraction of sp³-hybridized carbons (Fsp3) is 0.875. The van der Waals surface area contributed by atoms with Crippen LogP contribution in [0.25, 0.3) is 0 Å². The summed E-state index contributed by atoms with van der Waals surface area (Å²) >= 11 is 0. The molecule has 1 aliphatic heterocycles. The Labute approximate surface area is 128 Å². The maximum absolute atomic E-state index is 12.3. The fourth-order valence-corrected chi connectivity index (χ4v) is 2.90. The summed E-state index contributed by atoms with van der Waals surface area (Å²) in [5, 5.41) is 12.0. The van der Waals surface area contributed by atoms with E-state index in [1.807, 2.05) is 13.8 Å². The molecule has 0 spiro atoms. The van der Waals surface area contributed by atoms with Crippen molar-refractivity contribution in [2.75, 3.05) is 13.1 Å². The van der Waals surface area contributed by atoms with E-state index in [0.717, 1.165) is 38.8 Å². The number of carboxylic acids is 1. The molecule has 0 saturated carbocycles. The second-order valence-electron chi connectivity index (χ2n) is 6.57. The number of carboxylic acid groups (broad SMARTS) is 1. The second-order valence-corrected chi connectivity index (χ2v) is 6.57. The molecule has 0 aromatic carbocycles. The van der Waals surface area contributed by atoms with Crippen LogP contribution in [-0.4, -0.2) is 41.1 Å². The molecule has 21 heavy (non-hydrogen) atoms. The summed E-state index contributed by atoms with van der Waals surface area (Å²) in [6.45, 7) is 9.69. The van der Waals surface area contributed by atoms with Crippen molar-refractivity contribution in [2.45, 2.75) is 59.4 Å². The Morgan fingerprint density at radius 1 is 1.24 bits per heavy atom. The fourth-order valence-electron chi connectivity index (χ4n) is 2.90. The number of carbonyl (C=O) groups excluding carboxylic acids is 1. The number of nitrogens with one attached hydrogen (secondary N) is 1. The average Bonchev–Trinajstić information content (AvgIpc) is 2.69. The first kappa shape index (κ1) is 17.8. The van der Waals surface area contributed by atoms with Gasteiger partial charge < -0.3 is 15.3 Å². The lowest BCUT2D eigenvalue weighted by atomic mass is 9.89. The topological polar surface area (TPSA) is 69.6 Å². The number of aliphatic carboxylic acids is 1. The van der Waals surface area contributed by atoms with Crippen LogP contribution in [0.2, 0.25) is 0 Å². The zero-order valence-electron chi connectivity index (χ0n) is 13.8. The van der Waals surface area contributed by atoms with Crippen molar-refractivity contribution in [1.82, 2.24) is 10.2 Å². The van der Waals surface area contributed by atoms with E-state index < -0.39 is 12.0 Å². The van der Waals surface area contributed by atoms with E-state index in [1.165, 1.54) is 0 Å². The van der Waals surface area contributed by atoms with Crippen molar-refractivity contribution >= 4 is 12.0 Å². The highest BCUT2D eigenvalue weighted by molar-refractivity contribution is 5.82. The van der Waals surface area contributed by atoms with Gasteiger partial charge in [0.15, 0.2) is 0 Å². The molecule has 1 rings (SSSR count). The largest absolute Gasteiger partial charge is 0.480 e. The first-order valence-electron chi connectivity index (χ1n) is 8.15. The molecule has 1 saturated heterocycles. The minimum atomic E-state index is -0.951. The molecule has 0 bridgehead atoms. The van der Waals surface area contributed by atoms with Gasteiger partial charge in [0.25, 0.3) is 0 Å². The van der Waals surface area contributed by atoms with Crippen LogP contribution in [0.3, 0.4) is 0 Å². The lowest BCUT2D eigenvalue weighted by molar-refractivity contribution is -0.140. The predicted octanol–water partition coefficient (Wildman–Crippen LogP) is 2.95. The Bertz CT molecular complexity index is 357. The number of amides is 2. The van der Waals surface area contributed by atoms with E-state index in [2.05, 4.69) is 19.2 Å². The Morgan fingerprint density at radius 3 is 2.43 bits per heavy atom. The maximum atomic E-state index is 12.3. The molecule has 1 aliphatic rings. The summed E-state index contributed by atoms with van der Waals surface area (Å²) in [5.74, 6) is 0.280. The molecule has 5 heteroatoms. The summed E-state index contributed by atoms with van der Waals surface area (Å²) in [7, 11) is 0. The van der Waals surface area contributed by atoms with Crippen LogP contribution in [0.15, 0.2) is 0 Å². The van der Waals surface area contributed by atoms with Gasteiger partial charge in [0.1, 0.15) is 6.04 Å². The zero-order valence-corrected chi connectivity index (χ0v) is 13.8. The highest BCUT2D eigenvalue weighted by Crippen LogP contribution is 2.24. The molecule has 0 aliphatic carbocycles. The Balaban J connectivity index is 2.60. The molecule has 3 atom stereocenters. The molecule has 1 heterocycles. The van der Waals surface area contributed by atoms with Crippen molar-refractivity contribution in [2.24, 2.45) is 17.8 Å². The molecule has 2 N–H and O–H groups in total. The van der Waals surface area contributed by atoms with Gasteiger partial charge in [-0.2, -0.15) is 0 Å². The highest BCUT2D eigenvalue weighted by atomic mass is 16.4. The smallest absolute Gasteiger partial charge is 0.326 e. The van der Waals surface area contributed by atoms with Crippen LogP contribution in [0.5, 0.6) is 0 Å². The predicted molar refractivity (Wildman–Crippen MR) is 83.2 cm³/mol. The SMILES string of the molecule is CC[C@H](C)[C@H](NC(=O)N1CCCC(C(C)C)CC1)C(=O)O. The first-order valence-corrected chi connectivity index (χ1v) is 8.15. The first-order chi connectivity index (χ1) is 9.86. The van der Waals surface area contributed by atoms with Gasteiger partial charge in [-0.05, 0) is 37.0 Å². The third-order valence-electron chi connectivity index (χ3n) is 4.76. The summed E-state index contributed by atoms with van der Waals surface area (Å²) in [4.78, 5) is 25.4. The minimum absolute atomic E-state index is 0.0677. The van der Waals surface area contributed by atoms with Gasteiger partial charge in [0.05, 0.1) is 0 Å². The Morgan fingerprint density at radius 2 is 1.90 bits per heavy atom. The van der Waals surface area contributed by atoms with Crippen molar-refractivity contribution in [1.29, 1.82) is 0 Å². The summed E-state index contributed by atoms with van der Waals surface area (Å²) in [6.07, 6.45) is 3.88. The molecule has 0 aromatic rings. The third-order valence-corrected chi connectivity index (χ3v) is 4.76. The van der Waals surface area contributed by atoms with E-state index in [1.54, 1.807) is 4.90 Å². The molecule has 122 valence electrons. The van der Waals surface area contributed by atoms with Gasteiger partial charge >= 0.3 is 12.0 Å². The quantitative estimate of drug-likeness (QED) is 0.820. The van der Waals surface area contributed by atoms with E-state index in [-0.39, 0.29) is 11.9 Å². The van der Waals surface area contributed by atoms with Gasteiger partial charge in [-0.3, -0.25) is 0 Å². The van der Waals surface area contributed by atoms with Gasteiger partial charge in [0, 0.05) is 13.1 Å². The van der Waals surface area contributed by atoms with E-state index in [9.17, 15) is 14.7 Å². The summed E-state index contributed by atoms with van der Waals surface area (Å²) < 4.78 is 0. The summed E-state index contributed by atoms with van der Waals surface area (Å²) in [6, 6.07) is -1.03. The number of nitrogens with zero attached hydrogens (tertiary/aromatic N) is 1. The monoisotopic (exact) mass is 298 g/mol. The number of hydrogen-bond acceptors (Lipinski definition) is 2. The van der Waals surface area contributed by atoms with E-state index in [4.69, 9.17) is 0 Å². The van der Waals surface area contributed by atoms with Crippen molar-refractivity contribution in [3.8, 4) is 0 Å². The lowest BCUT2D eigenvalue weighted by Gasteiger charge is -2.26. The minimum Gasteiger partial charge on any atom is -0.480 e. The Kier molecular flexibility index (Phi) is 6.99. The van der Waals surface area contributed by atoms with Gasteiger partial charge in [-0.1, -0.05) is 34.1 Å². The van der Waals surface area contributed by atoms with Crippen LogP contribution in [0, 0.1) is 17.8 Å². The van der Waals surface area contributed by atoms with Crippen molar-refractivity contribution in [3.63, 3.8) is 0 Å². The number of likely N-dealkylation sites (tertiary alicyclic amines) is 1. The van der Waals surface area contributed by atoms with Gasteiger partial charge in [-0.15, -0.1) is 0 Å². The normalized spacial score (nSPS) is 22.5.